The Labute approximate surface area is 195 Å². The van der Waals surface area contributed by atoms with Crippen molar-refractivity contribution in [1.82, 2.24) is 24.3 Å². The van der Waals surface area contributed by atoms with Crippen LogP contribution < -0.4 is 10.5 Å². The number of nitrogen functional groups attached to an aromatic ring is 1. The number of aryl methyl sites for hydroxylation is 1. The molecule has 35 heavy (non-hydrogen) atoms. The van der Waals surface area contributed by atoms with Crippen molar-refractivity contribution in [1.29, 1.82) is 0 Å². The van der Waals surface area contributed by atoms with E-state index in [1.54, 1.807) is 17.7 Å². The van der Waals surface area contributed by atoms with Gasteiger partial charge < -0.3 is 15.4 Å². The van der Waals surface area contributed by atoms with Gasteiger partial charge in [-0.15, -0.1) is 0 Å². The van der Waals surface area contributed by atoms with Crippen LogP contribution in [0.1, 0.15) is 39.8 Å². The fraction of sp³-hybridized carbons (Fsp3) is 0.304. The Kier molecular flexibility index (Phi) is 4.48. The lowest BCUT2D eigenvalue weighted by Crippen LogP contribution is -2.49. The van der Waals surface area contributed by atoms with Crippen LogP contribution in [0.3, 0.4) is 0 Å². The first-order chi connectivity index (χ1) is 16.6. The van der Waals surface area contributed by atoms with E-state index in [1.807, 2.05) is 0 Å². The standard InChI is InChI=1S/C23H18F4N6O2/c1-10-19-21(28)31-15-7-29-14(6-16(15)33(19)9-30-10)22(34)32-8-12(24)5-18-20(32)13-3-2-11(23(25,26)27)4-17(13)35-18/h2-4,6-7,9,12,18,20H,5,8H2,1H3,(H2,28,31)/t12-,18+,20+/m1/s1. The van der Waals surface area contributed by atoms with Crippen molar-refractivity contribution in [3.05, 3.63) is 59.3 Å². The molecule has 1 fully saturated rings. The van der Waals surface area contributed by atoms with Crippen LogP contribution in [0.2, 0.25) is 0 Å². The zero-order valence-corrected chi connectivity index (χ0v) is 18.3. The summed E-state index contributed by atoms with van der Waals surface area (Å²) in [7, 11) is 0. The molecule has 0 unspecified atom stereocenters. The topological polar surface area (TPSA) is 98.6 Å². The molecule has 1 saturated heterocycles. The minimum atomic E-state index is -4.55. The van der Waals surface area contributed by atoms with Gasteiger partial charge in [0.1, 0.15) is 41.1 Å². The first kappa shape index (κ1) is 21.6. The van der Waals surface area contributed by atoms with E-state index in [9.17, 15) is 22.4 Å². The Morgan fingerprint density at radius 1 is 1.23 bits per heavy atom. The van der Waals surface area contributed by atoms with Crippen LogP contribution in [-0.2, 0) is 6.18 Å². The molecule has 180 valence electrons. The number of carbonyl (C=O) groups excluding carboxylic acids is 1. The predicted octanol–water partition coefficient (Wildman–Crippen LogP) is 3.87. The summed E-state index contributed by atoms with van der Waals surface area (Å²) in [6, 6.07) is 3.92. The van der Waals surface area contributed by atoms with Crippen LogP contribution in [0.25, 0.3) is 16.6 Å². The number of nitrogens with two attached hydrogens (primary N) is 1. The largest absolute Gasteiger partial charge is 0.487 e. The number of hydrogen-bond acceptors (Lipinski definition) is 6. The molecule has 0 aliphatic carbocycles. The maximum atomic E-state index is 14.6. The van der Waals surface area contributed by atoms with Gasteiger partial charge in [0.05, 0.1) is 35.6 Å². The SMILES string of the molecule is Cc1ncn2c1c(N)nc1cnc(C(=O)N3C[C@H](F)C[C@@H]4Oc5cc(C(F)(F)F)ccc5[C@@H]43)cc12. The van der Waals surface area contributed by atoms with Crippen LogP contribution in [0.4, 0.5) is 23.4 Å². The number of amides is 1. The molecule has 0 spiro atoms. The van der Waals surface area contributed by atoms with Gasteiger partial charge in [-0.05, 0) is 25.1 Å². The fourth-order valence-corrected chi connectivity index (χ4v) is 4.99. The maximum Gasteiger partial charge on any atom is 0.416 e. The molecule has 2 aliphatic heterocycles. The van der Waals surface area contributed by atoms with Crippen molar-refractivity contribution in [3.63, 3.8) is 0 Å². The monoisotopic (exact) mass is 486 g/mol. The summed E-state index contributed by atoms with van der Waals surface area (Å²) in [5, 5.41) is 0. The number of imidazole rings is 1. The molecule has 0 saturated carbocycles. The molecule has 12 heteroatoms. The Morgan fingerprint density at radius 3 is 2.80 bits per heavy atom. The highest BCUT2D eigenvalue weighted by Gasteiger charge is 2.47. The number of likely N-dealkylation sites (tertiary alicyclic amines) is 1. The third-order valence-electron chi connectivity index (χ3n) is 6.54. The summed E-state index contributed by atoms with van der Waals surface area (Å²) < 4.78 is 61.5. The van der Waals surface area contributed by atoms with Crippen LogP contribution >= 0.6 is 0 Å². The van der Waals surface area contributed by atoms with Gasteiger partial charge in [-0.1, -0.05) is 6.07 Å². The van der Waals surface area contributed by atoms with Crippen LogP contribution in [0.15, 0.2) is 36.8 Å². The summed E-state index contributed by atoms with van der Waals surface area (Å²) in [6.45, 7) is 1.55. The third kappa shape index (κ3) is 3.27. The molecule has 0 radical (unpaired) electrons. The average molecular weight is 486 g/mol. The lowest BCUT2D eigenvalue weighted by Gasteiger charge is -2.38. The number of alkyl halides is 4. The van der Waals surface area contributed by atoms with Crippen LogP contribution in [0, 0.1) is 6.92 Å². The molecule has 0 bridgehead atoms. The number of carbonyl (C=O) groups is 1. The summed E-state index contributed by atoms with van der Waals surface area (Å²) in [5.74, 6) is -0.295. The van der Waals surface area contributed by atoms with Gasteiger partial charge >= 0.3 is 6.18 Å². The second kappa shape index (κ2) is 7.27. The van der Waals surface area contributed by atoms with Crippen molar-refractivity contribution in [3.8, 4) is 5.75 Å². The third-order valence-corrected chi connectivity index (χ3v) is 6.54. The second-order valence-electron chi connectivity index (χ2n) is 8.75. The quantitative estimate of drug-likeness (QED) is 0.410. The second-order valence-corrected chi connectivity index (χ2v) is 8.75. The zero-order chi connectivity index (χ0) is 24.6. The molecule has 5 heterocycles. The number of anilines is 1. The van der Waals surface area contributed by atoms with Crippen molar-refractivity contribution in [2.75, 3.05) is 12.3 Å². The number of piperidine rings is 1. The van der Waals surface area contributed by atoms with Crippen molar-refractivity contribution in [2.24, 2.45) is 0 Å². The lowest BCUT2D eigenvalue weighted by molar-refractivity contribution is -0.137. The number of rotatable bonds is 1. The van der Waals surface area contributed by atoms with Gasteiger partial charge in [0.25, 0.3) is 5.91 Å². The summed E-state index contributed by atoms with van der Waals surface area (Å²) >= 11 is 0. The molecule has 3 atom stereocenters. The number of nitrogens with zero attached hydrogens (tertiary/aromatic N) is 5. The average Bonchev–Trinajstić information content (AvgIpc) is 3.37. The highest BCUT2D eigenvalue weighted by Crippen LogP contribution is 2.47. The van der Waals surface area contributed by atoms with E-state index in [1.165, 1.54) is 23.2 Å². The Morgan fingerprint density at radius 2 is 2.03 bits per heavy atom. The molecule has 1 aromatic carbocycles. The predicted molar refractivity (Wildman–Crippen MR) is 117 cm³/mol. The molecule has 8 nitrogen and oxygen atoms in total. The smallest absolute Gasteiger partial charge is 0.416 e. The normalized spacial score (nSPS) is 21.7. The Bertz CT molecular complexity index is 1520. The van der Waals surface area contributed by atoms with Gasteiger partial charge in [-0.2, -0.15) is 13.2 Å². The number of aromatic nitrogens is 4. The highest BCUT2D eigenvalue weighted by atomic mass is 19.4. The molecule has 2 N–H and O–H groups in total. The number of halogens is 4. The molecule has 6 rings (SSSR count). The number of fused-ring (bicyclic) bond motifs is 6. The number of ether oxygens (including phenoxy) is 1. The van der Waals surface area contributed by atoms with Crippen molar-refractivity contribution in [2.45, 2.75) is 37.8 Å². The van der Waals surface area contributed by atoms with Gasteiger partial charge in [0.15, 0.2) is 5.82 Å². The van der Waals surface area contributed by atoms with E-state index in [2.05, 4.69) is 15.0 Å². The number of hydrogen-bond donors (Lipinski definition) is 1. The molecular formula is C23H18F4N6O2. The molecular weight excluding hydrogens is 468 g/mol. The van der Waals surface area contributed by atoms with Crippen LogP contribution in [-0.4, -0.2) is 49.0 Å². The number of pyridine rings is 1. The molecule has 4 aromatic rings. The maximum absolute atomic E-state index is 14.6. The summed E-state index contributed by atoms with van der Waals surface area (Å²) in [6.07, 6.45) is -3.82. The molecule has 3 aromatic heterocycles. The minimum Gasteiger partial charge on any atom is -0.487 e. The van der Waals surface area contributed by atoms with E-state index < -0.39 is 36.0 Å². The Balaban J connectivity index is 1.42. The number of benzene rings is 1. The van der Waals surface area contributed by atoms with Crippen LogP contribution in [0.5, 0.6) is 5.75 Å². The fourth-order valence-electron chi connectivity index (χ4n) is 4.99. The Hall–Kier alpha value is -3.96. The first-order valence-electron chi connectivity index (χ1n) is 10.8. The van der Waals surface area contributed by atoms with Crippen molar-refractivity contribution >= 4 is 28.3 Å². The van der Waals surface area contributed by atoms with Gasteiger partial charge in [0, 0.05) is 12.0 Å². The van der Waals surface area contributed by atoms with E-state index in [-0.39, 0.29) is 30.2 Å². The van der Waals surface area contributed by atoms with Gasteiger partial charge in [-0.3, -0.25) is 9.20 Å². The molecule has 2 aliphatic rings. The van der Waals surface area contributed by atoms with Crippen molar-refractivity contribution < 1.29 is 27.1 Å². The first-order valence-corrected chi connectivity index (χ1v) is 10.8. The summed E-state index contributed by atoms with van der Waals surface area (Å²) in [4.78, 5) is 27.7. The van der Waals surface area contributed by atoms with E-state index in [0.29, 0.717) is 27.8 Å². The molecule has 1 amide bonds. The van der Waals surface area contributed by atoms with E-state index >= 15 is 0 Å². The van der Waals surface area contributed by atoms with Gasteiger partial charge in [-0.25, -0.2) is 19.3 Å². The summed E-state index contributed by atoms with van der Waals surface area (Å²) in [5.41, 5.74) is 7.86. The minimum absolute atomic E-state index is 0.00321. The van der Waals surface area contributed by atoms with E-state index in [4.69, 9.17) is 10.5 Å². The lowest BCUT2D eigenvalue weighted by atomic mass is 9.92. The zero-order valence-electron chi connectivity index (χ0n) is 18.3. The van der Waals surface area contributed by atoms with E-state index in [0.717, 1.165) is 12.1 Å². The highest BCUT2D eigenvalue weighted by molar-refractivity contribution is 5.96. The van der Waals surface area contributed by atoms with Gasteiger partial charge in [0.2, 0.25) is 0 Å².